The highest BCUT2D eigenvalue weighted by Crippen LogP contribution is 2.29. The molecule has 0 saturated carbocycles. The second-order valence-corrected chi connectivity index (χ2v) is 4.37. The van der Waals surface area contributed by atoms with Crippen LogP contribution in [0.25, 0.3) is 0 Å². The summed E-state index contributed by atoms with van der Waals surface area (Å²) in [7, 11) is 1.51. The van der Waals surface area contributed by atoms with E-state index in [1.807, 2.05) is 13.0 Å². The highest BCUT2D eigenvalue weighted by atomic mass is 16.5. The number of carboxylic acids is 1. The van der Waals surface area contributed by atoms with Crippen LogP contribution in [-0.4, -0.2) is 42.1 Å². The van der Waals surface area contributed by atoms with Gasteiger partial charge in [-0.25, -0.2) is 0 Å². The average Bonchev–Trinajstić information content (AvgIpc) is 2.31. The molecule has 0 saturated heterocycles. The molecule has 2 rings (SSSR count). The number of carbonyl (C=O) groups is 2. The predicted molar refractivity (Wildman–Crippen MR) is 65.0 cm³/mol. The van der Waals surface area contributed by atoms with Crippen LogP contribution in [0.5, 0.6) is 5.75 Å². The van der Waals surface area contributed by atoms with Crippen molar-refractivity contribution in [3.63, 3.8) is 0 Å². The standard InChI is InChI=1S/C13H15NO4/c1-8-5-9-3-4-14(7-11(15)16)13(17)12(9)10(6-8)18-2/h5-6H,3-4,7H2,1-2H3,(H,15,16). The van der Waals surface area contributed by atoms with Crippen LogP contribution in [0.4, 0.5) is 0 Å². The number of fused-ring (bicyclic) bond motifs is 1. The summed E-state index contributed by atoms with van der Waals surface area (Å²) in [6, 6.07) is 3.74. The Labute approximate surface area is 105 Å². The van der Waals surface area contributed by atoms with E-state index < -0.39 is 5.97 Å². The molecule has 1 aliphatic rings. The Morgan fingerprint density at radius 1 is 1.50 bits per heavy atom. The van der Waals surface area contributed by atoms with Crippen molar-refractivity contribution >= 4 is 11.9 Å². The fraction of sp³-hybridized carbons (Fsp3) is 0.385. The summed E-state index contributed by atoms with van der Waals surface area (Å²) < 4.78 is 5.22. The molecule has 96 valence electrons. The average molecular weight is 249 g/mol. The van der Waals surface area contributed by atoms with Crippen molar-refractivity contribution in [2.24, 2.45) is 0 Å². The van der Waals surface area contributed by atoms with Crippen LogP contribution in [-0.2, 0) is 11.2 Å². The minimum atomic E-state index is -1.00. The number of carboxylic acid groups (broad SMARTS) is 1. The first-order valence-electron chi connectivity index (χ1n) is 5.71. The van der Waals surface area contributed by atoms with Crippen molar-refractivity contribution < 1.29 is 19.4 Å². The minimum absolute atomic E-state index is 0.268. The number of amides is 1. The molecule has 18 heavy (non-hydrogen) atoms. The van der Waals surface area contributed by atoms with Crippen LogP contribution in [0.1, 0.15) is 21.5 Å². The van der Waals surface area contributed by atoms with E-state index in [-0.39, 0.29) is 12.5 Å². The molecule has 0 atom stereocenters. The summed E-state index contributed by atoms with van der Waals surface area (Å²) in [5, 5.41) is 8.78. The monoisotopic (exact) mass is 249 g/mol. The molecule has 5 nitrogen and oxygen atoms in total. The molecule has 1 aliphatic heterocycles. The lowest BCUT2D eigenvalue weighted by Crippen LogP contribution is -2.41. The van der Waals surface area contributed by atoms with E-state index in [0.29, 0.717) is 24.3 Å². The normalized spacial score (nSPS) is 14.3. The Kier molecular flexibility index (Phi) is 3.23. The molecule has 0 bridgehead atoms. The van der Waals surface area contributed by atoms with Crippen molar-refractivity contribution in [2.45, 2.75) is 13.3 Å². The first kappa shape index (κ1) is 12.4. The first-order chi connectivity index (χ1) is 8.52. The molecule has 0 radical (unpaired) electrons. The van der Waals surface area contributed by atoms with E-state index >= 15 is 0 Å². The molecule has 0 spiro atoms. The van der Waals surface area contributed by atoms with Gasteiger partial charge in [0.1, 0.15) is 12.3 Å². The maximum Gasteiger partial charge on any atom is 0.323 e. The summed E-state index contributed by atoms with van der Waals surface area (Å²) in [5.41, 5.74) is 2.46. The number of benzene rings is 1. The SMILES string of the molecule is COc1cc(C)cc2c1C(=O)N(CC(=O)O)CC2. The molecule has 1 N–H and O–H groups in total. The highest BCUT2D eigenvalue weighted by Gasteiger charge is 2.29. The second-order valence-electron chi connectivity index (χ2n) is 4.37. The van der Waals surface area contributed by atoms with Crippen molar-refractivity contribution in [1.29, 1.82) is 0 Å². The number of nitrogens with zero attached hydrogens (tertiary/aromatic N) is 1. The van der Waals surface area contributed by atoms with E-state index in [9.17, 15) is 9.59 Å². The van der Waals surface area contributed by atoms with E-state index in [0.717, 1.165) is 11.1 Å². The number of rotatable bonds is 3. The molecule has 0 aliphatic carbocycles. The lowest BCUT2D eigenvalue weighted by atomic mass is 9.96. The second kappa shape index (κ2) is 4.68. The largest absolute Gasteiger partial charge is 0.496 e. The smallest absolute Gasteiger partial charge is 0.323 e. The van der Waals surface area contributed by atoms with Crippen LogP contribution in [0.2, 0.25) is 0 Å². The molecule has 5 heteroatoms. The number of aryl methyl sites for hydroxylation is 1. The van der Waals surface area contributed by atoms with Gasteiger partial charge in [-0.3, -0.25) is 9.59 Å². The minimum Gasteiger partial charge on any atom is -0.496 e. The third kappa shape index (κ3) is 2.16. The van der Waals surface area contributed by atoms with Gasteiger partial charge in [-0.1, -0.05) is 6.07 Å². The quantitative estimate of drug-likeness (QED) is 0.870. The lowest BCUT2D eigenvalue weighted by Gasteiger charge is -2.28. The molecule has 0 fully saturated rings. The predicted octanol–water partition coefficient (Wildman–Crippen LogP) is 1.09. The molecule has 1 amide bonds. The van der Waals surface area contributed by atoms with E-state index in [1.54, 1.807) is 6.07 Å². The van der Waals surface area contributed by atoms with Gasteiger partial charge in [-0.2, -0.15) is 0 Å². The molecular formula is C13H15NO4. The van der Waals surface area contributed by atoms with Gasteiger partial charge >= 0.3 is 5.97 Å². The van der Waals surface area contributed by atoms with Gasteiger partial charge in [0.25, 0.3) is 5.91 Å². The lowest BCUT2D eigenvalue weighted by molar-refractivity contribution is -0.137. The molecular weight excluding hydrogens is 234 g/mol. The molecule has 0 unspecified atom stereocenters. The summed E-state index contributed by atoms with van der Waals surface area (Å²) in [6.45, 7) is 2.11. The molecule has 0 aromatic heterocycles. The number of carbonyl (C=O) groups excluding carboxylic acids is 1. The van der Waals surface area contributed by atoms with Crippen molar-refractivity contribution in [2.75, 3.05) is 20.2 Å². The Morgan fingerprint density at radius 3 is 2.83 bits per heavy atom. The van der Waals surface area contributed by atoms with Crippen molar-refractivity contribution in [3.05, 3.63) is 28.8 Å². The van der Waals surface area contributed by atoms with Crippen molar-refractivity contribution in [1.82, 2.24) is 4.90 Å². The Balaban J connectivity index is 2.42. The number of ether oxygens (including phenoxy) is 1. The fourth-order valence-electron chi connectivity index (χ4n) is 2.26. The van der Waals surface area contributed by atoms with Crippen LogP contribution >= 0.6 is 0 Å². The summed E-state index contributed by atoms with van der Waals surface area (Å²) in [4.78, 5) is 24.3. The zero-order valence-electron chi connectivity index (χ0n) is 10.4. The number of hydrogen-bond acceptors (Lipinski definition) is 3. The van der Waals surface area contributed by atoms with Crippen LogP contribution in [0, 0.1) is 6.92 Å². The van der Waals surface area contributed by atoms with Gasteiger partial charge in [0.05, 0.1) is 12.7 Å². The van der Waals surface area contributed by atoms with Gasteiger partial charge < -0.3 is 14.7 Å². The first-order valence-corrected chi connectivity index (χ1v) is 5.71. The summed E-state index contributed by atoms with van der Waals surface area (Å²) in [6.07, 6.45) is 0.659. The maximum absolute atomic E-state index is 12.2. The summed E-state index contributed by atoms with van der Waals surface area (Å²) in [5.74, 6) is -0.751. The van der Waals surface area contributed by atoms with Crippen LogP contribution in [0.15, 0.2) is 12.1 Å². The van der Waals surface area contributed by atoms with E-state index in [2.05, 4.69) is 0 Å². The Hall–Kier alpha value is -2.04. The maximum atomic E-state index is 12.2. The Bertz CT molecular complexity index is 493. The molecule has 1 heterocycles. The van der Waals surface area contributed by atoms with E-state index in [4.69, 9.17) is 9.84 Å². The van der Waals surface area contributed by atoms with Gasteiger partial charge in [0.2, 0.25) is 0 Å². The van der Waals surface area contributed by atoms with Gasteiger partial charge in [0, 0.05) is 6.54 Å². The number of hydrogen-bond donors (Lipinski definition) is 1. The van der Waals surface area contributed by atoms with E-state index in [1.165, 1.54) is 12.0 Å². The van der Waals surface area contributed by atoms with Crippen LogP contribution < -0.4 is 4.74 Å². The Morgan fingerprint density at radius 2 is 2.22 bits per heavy atom. The van der Waals surface area contributed by atoms with Gasteiger partial charge in [-0.15, -0.1) is 0 Å². The topological polar surface area (TPSA) is 66.8 Å². The van der Waals surface area contributed by atoms with Gasteiger partial charge in [0.15, 0.2) is 0 Å². The highest BCUT2D eigenvalue weighted by molar-refractivity contribution is 6.00. The third-order valence-corrected chi connectivity index (χ3v) is 3.03. The van der Waals surface area contributed by atoms with Crippen molar-refractivity contribution in [3.8, 4) is 5.75 Å². The fourth-order valence-corrected chi connectivity index (χ4v) is 2.26. The van der Waals surface area contributed by atoms with Crippen LogP contribution in [0.3, 0.4) is 0 Å². The third-order valence-electron chi connectivity index (χ3n) is 3.03. The van der Waals surface area contributed by atoms with Gasteiger partial charge in [-0.05, 0) is 30.5 Å². The molecule has 1 aromatic rings. The molecule has 1 aromatic carbocycles. The summed E-state index contributed by atoms with van der Waals surface area (Å²) >= 11 is 0. The number of methoxy groups -OCH3 is 1. The zero-order valence-corrected chi connectivity index (χ0v) is 10.4. The number of aliphatic carboxylic acids is 1. The zero-order chi connectivity index (χ0) is 13.3.